The molecular formula is C22H20BrN3O7S. The second-order valence-corrected chi connectivity index (χ2v) is 9.58. The van der Waals surface area contributed by atoms with Crippen molar-refractivity contribution in [3.8, 4) is 11.5 Å². The van der Waals surface area contributed by atoms with Crippen molar-refractivity contribution in [2.45, 2.75) is 4.90 Å². The minimum atomic E-state index is -4.58. The SMILES string of the molecule is COc1ccc(N(CC(=O)Nc2cccc(Br)c2)S(=O)(=O)c2ccccc2[N+](=O)[O-])c(OC)c1. The van der Waals surface area contributed by atoms with Crippen molar-refractivity contribution in [2.24, 2.45) is 0 Å². The molecule has 3 rings (SSSR count). The minimum Gasteiger partial charge on any atom is -0.497 e. The number of sulfonamides is 1. The highest BCUT2D eigenvalue weighted by molar-refractivity contribution is 9.10. The fraction of sp³-hybridized carbons (Fsp3) is 0.136. The van der Waals surface area contributed by atoms with Gasteiger partial charge in [0.15, 0.2) is 4.90 Å². The van der Waals surface area contributed by atoms with Crippen molar-refractivity contribution in [1.29, 1.82) is 0 Å². The molecule has 12 heteroatoms. The maximum atomic E-state index is 13.7. The Balaban J connectivity index is 2.11. The van der Waals surface area contributed by atoms with E-state index in [1.807, 2.05) is 0 Å². The zero-order valence-electron chi connectivity index (χ0n) is 18.1. The first-order chi connectivity index (χ1) is 16.2. The zero-order chi connectivity index (χ0) is 24.9. The smallest absolute Gasteiger partial charge is 0.289 e. The van der Waals surface area contributed by atoms with Gasteiger partial charge in [-0.05, 0) is 36.4 Å². The second-order valence-electron chi connectivity index (χ2n) is 6.83. The van der Waals surface area contributed by atoms with Gasteiger partial charge in [0.1, 0.15) is 18.0 Å². The lowest BCUT2D eigenvalue weighted by Gasteiger charge is -2.25. The highest BCUT2D eigenvalue weighted by Gasteiger charge is 2.34. The largest absolute Gasteiger partial charge is 0.497 e. The number of nitro groups is 1. The van der Waals surface area contributed by atoms with Crippen LogP contribution >= 0.6 is 15.9 Å². The Hall–Kier alpha value is -3.64. The van der Waals surface area contributed by atoms with Crippen LogP contribution in [-0.4, -0.2) is 40.0 Å². The lowest BCUT2D eigenvalue weighted by atomic mass is 10.2. The fourth-order valence-corrected chi connectivity index (χ4v) is 5.12. The third kappa shape index (κ3) is 5.46. The summed E-state index contributed by atoms with van der Waals surface area (Å²) < 4.78 is 39.3. The van der Waals surface area contributed by atoms with Crippen LogP contribution in [0, 0.1) is 10.1 Å². The van der Waals surface area contributed by atoms with E-state index in [-0.39, 0.29) is 11.4 Å². The van der Waals surface area contributed by atoms with E-state index >= 15 is 0 Å². The van der Waals surface area contributed by atoms with Gasteiger partial charge in [0.2, 0.25) is 5.91 Å². The molecule has 1 N–H and O–H groups in total. The predicted molar refractivity (Wildman–Crippen MR) is 130 cm³/mol. The van der Waals surface area contributed by atoms with E-state index < -0.39 is 38.0 Å². The molecular weight excluding hydrogens is 530 g/mol. The number of rotatable bonds is 9. The van der Waals surface area contributed by atoms with E-state index in [1.54, 1.807) is 24.3 Å². The van der Waals surface area contributed by atoms with Gasteiger partial charge in [0.25, 0.3) is 15.7 Å². The average molecular weight is 550 g/mol. The van der Waals surface area contributed by atoms with Crippen molar-refractivity contribution >= 4 is 48.9 Å². The van der Waals surface area contributed by atoms with Crippen LogP contribution in [0.3, 0.4) is 0 Å². The maximum absolute atomic E-state index is 13.7. The minimum absolute atomic E-state index is 0.00541. The molecule has 34 heavy (non-hydrogen) atoms. The molecule has 0 atom stereocenters. The molecule has 0 aromatic heterocycles. The number of amides is 1. The molecule has 0 heterocycles. The summed E-state index contributed by atoms with van der Waals surface area (Å²) in [6, 6.07) is 16.0. The van der Waals surface area contributed by atoms with Crippen LogP contribution in [0.2, 0.25) is 0 Å². The number of hydrogen-bond donors (Lipinski definition) is 1. The number of benzene rings is 3. The maximum Gasteiger partial charge on any atom is 0.289 e. The van der Waals surface area contributed by atoms with Gasteiger partial charge in [-0.2, -0.15) is 0 Å². The van der Waals surface area contributed by atoms with Gasteiger partial charge in [-0.3, -0.25) is 19.2 Å². The first kappa shape index (κ1) is 25.0. The molecule has 178 valence electrons. The van der Waals surface area contributed by atoms with E-state index in [0.717, 1.165) is 16.4 Å². The Labute approximate surface area is 204 Å². The summed E-state index contributed by atoms with van der Waals surface area (Å²) in [6.45, 7) is -0.677. The summed E-state index contributed by atoms with van der Waals surface area (Å²) in [7, 11) is -1.82. The van der Waals surface area contributed by atoms with Crippen LogP contribution in [0.4, 0.5) is 17.1 Å². The van der Waals surface area contributed by atoms with Crippen LogP contribution in [0.15, 0.2) is 76.1 Å². The third-order valence-electron chi connectivity index (χ3n) is 4.68. The Morgan fingerprint density at radius 1 is 1.06 bits per heavy atom. The fourth-order valence-electron chi connectivity index (χ4n) is 3.13. The first-order valence-electron chi connectivity index (χ1n) is 9.71. The highest BCUT2D eigenvalue weighted by atomic mass is 79.9. The van der Waals surface area contributed by atoms with E-state index in [0.29, 0.717) is 15.9 Å². The van der Waals surface area contributed by atoms with Crippen LogP contribution in [0.25, 0.3) is 0 Å². The number of ether oxygens (including phenoxy) is 2. The van der Waals surface area contributed by atoms with E-state index in [1.165, 1.54) is 44.6 Å². The summed E-state index contributed by atoms with van der Waals surface area (Å²) in [6.07, 6.45) is 0. The van der Waals surface area contributed by atoms with Crippen LogP contribution in [0.5, 0.6) is 11.5 Å². The number of methoxy groups -OCH3 is 2. The molecule has 0 aliphatic carbocycles. The number of para-hydroxylation sites is 1. The van der Waals surface area contributed by atoms with E-state index in [9.17, 15) is 23.3 Å². The van der Waals surface area contributed by atoms with Crippen molar-refractivity contribution < 1.29 is 27.6 Å². The van der Waals surface area contributed by atoms with Gasteiger partial charge in [0, 0.05) is 22.3 Å². The number of anilines is 2. The van der Waals surface area contributed by atoms with Gasteiger partial charge >= 0.3 is 0 Å². The molecule has 0 fully saturated rings. The predicted octanol–water partition coefficient (Wildman–Crippen LogP) is 4.21. The lowest BCUT2D eigenvalue weighted by Crippen LogP contribution is -2.38. The lowest BCUT2D eigenvalue weighted by molar-refractivity contribution is -0.387. The summed E-state index contributed by atoms with van der Waals surface area (Å²) in [5.74, 6) is -0.183. The van der Waals surface area contributed by atoms with Crippen LogP contribution < -0.4 is 19.1 Å². The molecule has 0 saturated carbocycles. The van der Waals surface area contributed by atoms with Crippen LogP contribution in [0.1, 0.15) is 0 Å². The highest BCUT2D eigenvalue weighted by Crippen LogP contribution is 2.37. The Morgan fingerprint density at radius 2 is 1.79 bits per heavy atom. The first-order valence-corrected chi connectivity index (χ1v) is 11.9. The molecule has 3 aromatic carbocycles. The number of nitrogens with one attached hydrogen (secondary N) is 1. The van der Waals surface area contributed by atoms with Gasteiger partial charge in [-0.1, -0.05) is 34.1 Å². The topological polar surface area (TPSA) is 128 Å². The van der Waals surface area contributed by atoms with Crippen molar-refractivity contribution in [2.75, 3.05) is 30.4 Å². The van der Waals surface area contributed by atoms with Crippen molar-refractivity contribution in [3.05, 3.63) is 81.3 Å². The van der Waals surface area contributed by atoms with Crippen LogP contribution in [-0.2, 0) is 14.8 Å². The summed E-state index contributed by atoms with van der Waals surface area (Å²) >= 11 is 3.31. The Bertz CT molecular complexity index is 1330. The molecule has 1 amide bonds. The molecule has 0 spiro atoms. The number of nitro benzene ring substituents is 1. The van der Waals surface area contributed by atoms with E-state index in [2.05, 4.69) is 21.2 Å². The number of nitrogens with zero attached hydrogens (tertiary/aromatic N) is 2. The molecule has 10 nitrogen and oxygen atoms in total. The monoisotopic (exact) mass is 549 g/mol. The molecule has 0 unspecified atom stereocenters. The van der Waals surface area contributed by atoms with Gasteiger partial charge in [-0.25, -0.2) is 8.42 Å². The molecule has 0 aliphatic rings. The Kier molecular flexibility index (Phi) is 7.74. The molecule has 0 radical (unpaired) electrons. The number of halogens is 1. The van der Waals surface area contributed by atoms with Crippen molar-refractivity contribution in [1.82, 2.24) is 0 Å². The third-order valence-corrected chi connectivity index (χ3v) is 6.98. The van der Waals surface area contributed by atoms with Gasteiger partial charge in [-0.15, -0.1) is 0 Å². The number of carbonyl (C=O) groups excluding carboxylic acids is 1. The van der Waals surface area contributed by atoms with E-state index in [4.69, 9.17) is 9.47 Å². The normalized spacial score (nSPS) is 10.9. The molecule has 0 bridgehead atoms. The molecule has 0 aliphatic heterocycles. The Morgan fingerprint density at radius 3 is 2.44 bits per heavy atom. The number of carbonyl (C=O) groups is 1. The van der Waals surface area contributed by atoms with Crippen molar-refractivity contribution in [3.63, 3.8) is 0 Å². The summed E-state index contributed by atoms with van der Waals surface area (Å²) in [5, 5.41) is 14.2. The van der Waals surface area contributed by atoms with Gasteiger partial charge < -0.3 is 14.8 Å². The zero-order valence-corrected chi connectivity index (χ0v) is 20.5. The average Bonchev–Trinajstić information content (AvgIpc) is 2.82. The second kappa shape index (κ2) is 10.5. The summed E-state index contributed by atoms with van der Waals surface area (Å²) in [5.41, 5.74) is -0.178. The quantitative estimate of drug-likeness (QED) is 0.312. The summed E-state index contributed by atoms with van der Waals surface area (Å²) in [4.78, 5) is 23.1. The molecule has 3 aromatic rings. The van der Waals surface area contributed by atoms with Gasteiger partial charge in [0.05, 0.1) is 24.8 Å². The standard InChI is InChI=1S/C22H20BrN3O7S/c1-32-17-10-11-18(20(13-17)33-2)25(14-22(27)24-16-7-5-6-15(23)12-16)34(30,31)21-9-4-3-8-19(21)26(28)29/h3-13H,14H2,1-2H3,(H,24,27). The molecule has 0 saturated heterocycles. The number of hydrogen-bond acceptors (Lipinski definition) is 7.